The van der Waals surface area contributed by atoms with Crippen LogP contribution in [0, 0.1) is 6.92 Å². The SMILES string of the molecule is Cc1cncc(OC2CCN(CC3COCCO3)CC2)n1. The van der Waals surface area contributed by atoms with Crippen molar-refractivity contribution in [2.75, 3.05) is 39.5 Å². The normalized spacial score (nSPS) is 24.9. The van der Waals surface area contributed by atoms with E-state index < -0.39 is 0 Å². The van der Waals surface area contributed by atoms with E-state index in [1.54, 1.807) is 12.4 Å². The molecular weight excluding hydrogens is 270 g/mol. The minimum absolute atomic E-state index is 0.221. The first-order valence-corrected chi connectivity index (χ1v) is 7.66. The summed E-state index contributed by atoms with van der Waals surface area (Å²) >= 11 is 0. The Bertz CT molecular complexity index is 444. The molecule has 1 aromatic rings. The van der Waals surface area contributed by atoms with Crippen LogP contribution in [0.5, 0.6) is 5.88 Å². The lowest BCUT2D eigenvalue weighted by molar-refractivity contribution is -0.100. The maximum atomic E-state index is 5.92. The van der Waals surface area contributed by atoms with Crippen LogP contribution in [-0.4, -0.2) is 66.5 Å². The number of hydrogen-bond donors (Lipinski definition) is 0. The molecule has 6 heteroatoms. The first-order valence-electron chi connectivity index (χ1n) is 7.66. The van der Waals surface area contributed by atoms with Crippen molar-refractivity contribution in [2.24, 2.45) is 0 Å². The average Bonchev–Trinajstić information content (AvgIpc) is 2.50. The van der Waals surface area contributed by atoms with Crippen molar-refractivity contribution in [2.45, 2.75) is 32.0 Å². The van der Waals surface area contributed by atoms with E-state index in [-0.39, 0.29) is 12.2 Å². The molecule has 116 valence electrons. The van der Waals surface area contributed by atoms with Crippen molar-refractivity contribution < 1.29 is 14.2 Å². The molecule has 2 aliphatic rings. The summed E-state index contributed by atoms with van der Waals surface area (Å²) in [7, 11) is 0. The maximum absolute atomic E-state index is 5.92. The third-order valence-electron chi connectivity index (χ3n) is 3.90. The Hall–Kier alpha value is -1.24. The molecule has 0 amide bonds. The molecule has 0 aliphatic carbocycles. The molecule has 1 unspecified atom stereocenters. The summed E-state index contributed by atoms with van der Waals surface area (Å²) < 4.78 is 17.1. The highest BCUT2D eigenvalue weighted by Crippen LogP contribution is 2.17. The van der Waals surface area contributed by atoms with E-state index in [0.29, 0.717) is 5.88 Å². The van der Waals surface area contributed by atoms with Crippen molar-refractivity contribution in [3.63, 3.8) is 0 Å². The molecule has 1 aromatic heterocycles. The fourth-order valence-corrected chi connectivity index (χ4v) is 2.81. The van der Waals surface area contributed by atoms with Crippen molar-refractivity contribution in [1.82, 2.24) is 14.9 Å². The molecule has 2 saturated heterocycles. The van der Waals surface area contributed by atoms with Gasteiger partial charge in [0.25, 0.3) is 0 Å². The minimum Gasteiger partial charge on any atom is -0.473 e. The quantitative estimate of drug-likeness (QED) is 0.827. The molecule has 2 fully saturated rings. The second kappa shape index (κ2) is 7.15. The molecule has 1 atom stereocenters. The third-order valence-corrected chi connectivity index (χ3v) is 3.90. The highest BCUT2D eigenvalue weighted by molar-refractivity contribution is 5.07. The number of aromatic nitrogens is 2. The van der Waals surface area contributed by atoms with Crippen LogP contribution in [0.15, 0.2) is 12.4 Å². The number of nitrogens with zero attached hydrogens (tertiary/aromatic N) is 3. The standard InChI is InChI=1S/C15H23N3O3/c1-12-8-16-9-15(17-12)21-13-2-4-18(5-3-13)10-14-11-19-6-7-20-14/h8-9,13-14H,2-7,10-11H2,1H3. The van der Waals surface area contributed by atoms with Gasteiger partial charge in [0.05, 0.1) is 37.8 Å². The van der Waals surface area contributed by atoms with Crippen LogP contribution in [0.4, 0.5) is 0 Å². The van der Waals surface area contributed by atoms with Gasteiger partial charge in [0.1, 0.15) is 6.10 Å². The van der Waals surface area contributed by atoms with Crippen molar-refractivity contribution in [3.05, 3.63) is 18.1 Å². The third kappa shape index (κ3) is 4.36. The van der Waals surface area contributed by atoms with Gasteiger partial charge in [0.2, 0.25) is 5.88 Å². The summed E-state index contributed by atoms with van der Waals surface area (Å²) in [6.07, 6.45) is 5.92. The van der Waals surface area contributed by atoms with Gasteiger partial charge in [-0.3, -0.25) is 4.98 Å². The Balaban J connectivity index is 1.42. The van der Waals surface area contributed by atoms with Crippen molar-refractivity contribution in [3.8, 4) is 5.88 Å². The van der Waals surface area contributed by atoms with Crippen LogP contribution in [-0.2, 0) is 9.47 Å². The average molecular weight is 293 g/mol. The van der Waals surface area contributed by atoms with Gasteiger partial charge in [-0.2, -0.15) is 0 Å². The molecule has 0 saturated carbocycles. The number of ether oxygens (including phenoxy) is 3. The zero-order valence-electron chi connectivity index (χ0n) is 12.5. The van der Waals surface area contributed by atoms with E-state index in [0.717, 1.165) is 58.0 Å². The summed E-state index contributed by atoms with van der Waals surface area (Å²) in [5, 5.41) is 0. The van der Waals surface area contributed by atoms with E-state index in [4.69, 9.17) is 14.2 Å². The first-order chi connectivity index (χ1) is 10.3. The number of aryl methyl sites for hydroxylation is 1. The Morgan fingerprint density at radius 1 is 1.29 bits per heavy atom. The van der Waals surface area contributed by atoms with Crippen molar-refractivity contribution >= 4 is 0 Å². The highest BCUT2D eigenvalue weighted by atomic mass is 16.6. The summed E-state index contributed by atoms with van der Waals surface area (Å²) in [4.78, 5) is 10.9. The molecule has 0 spiro atoms. The Morgan fingerprint density at radius 2 is 2.14 bits per heavy atom. The lowest BCUT2D eigenvalue weighted by Crippen LogP contribution is -2.45. The summed E-state index contributed by atoms with van der Waals surface area (Å²) in [5.74, 6) is 0.637. The van der Waals surface area contributed by atoms with Crippen LogP contribution < -0.4 is 4.74 Å². The lowest BCUT2D eigenvalue weighted by atomic mass is 10.1. The van der Waals surface area contributed by atoms with Crippen LogP contribution in [0.2, 0.25) is 0 Å². The number of rotatable bonds is 4. The predicted molar refractivity (Wildman–Crippen MR) is 77.4 cm³/mol. The number of hydrogen-bond acceptors (Lipinski definition) is 6. The summed E-state index contributed by atoms with van der Waals surface area (Å²) in [6, 6.07) is 0. The summed E-state index contributed by atoms with van der Waals surface area (Å²) in [5.41, 5.74) is 0.888. The van der Waals surface area contributed by atoms with Gasteiger partial charge in [-0.05, 0) is 19.8 Å². The predicted octanol–water partition coefficient (Wildman–Crippen LogP) is 1.04. The van der Waals surface area contributed by atoms with E-state index in [2.05, 4.69) is 14.9 Å². The van der Waals surface area contributed by atoms with Gasteiger partial charge in [-0.1, -0.05) is 0 Å². The van der Waals surface area contributed by atoms with E-state index >= 15 is 0 Å². The molecule has 6 nitrogen and oxygen atoms in total. The van der Waals surface area contributed by atoms with E-state index in [1.165, 1.54) is 0 Å². The monoisotopic (exact) mass is 293 g/mol. The minimum atomic E-state index is 0.221. The highest BCUT2D eigenvalue weighted by Gasteiger charge is 2.24. The topological polar surface area (TPSA) is 56.7 Å². The van der Waals surface area contributed by atoms with Crippen LogP contribution in [0.25, 0.3) is 0 Å². The Kier molecular flexibility index (Phi) is 5.00. The van der Waals surface area contributed by atoms with Gasteiger partial charge in [-0.15, -0.1) is 0 Å². The van der Waals surface area contributed by atoms with Gasteiger partial charge >= 0.3 is 0 Å². The smallest absolute Gasteiger partial charge is 0.232 e. The maximum Gasteiger partial charge on any atom is 0.232 e. The van der Waals surface area contributed by atoms with Gasteiger partial charge in [0.15, 0.2) is 0 Å². The molecule has 2 aliphatic heterocycles. The fraction of sp³-hybridized carbons (Fsp3) is 0.733. The first kappa shape index (κ1) is 14.7. The number of piperidine rings is 1. The molecule has 0 bridgehead atoms. The van der Waals surface area contributed by atoms with Crippen molar-refractivity contribution in [1.29, 1.82) is 0 Å². The Morgan fingerprint density at radius 3 is 2.86 bits per heavy atom. The fourth-order valence-electron chi connectivity index (χ4n) is 2.81. The van der Waals surface area contributed by atoms with Crippen LogP contribution in [0.1, 0.15) is 18.5 Å². The number of likely N-dealkylation sites (tertiary alicyclic amines) is 1. The molecule has 0 radical (unpaired) electrons. The van der Waals surface area contributed by atoms with Crippen LogP contribution >= 0.6 is 0 Å². The van der Waals surface area contributed by atoms with E-state index in [1.807, 2.05) is 6.92 Å². The molecule has 0 N–H and O–H groups in total. The second-order valence-corrected chi connectivity index (χ2v) is 5.68. The van der Waals surface area contributed by atoms with Gasteiger partial charge in [0, 0.05) is 25.8 Å². The van der Waals surface area contributed by atoms with E-state index in [9.17, 15) is 0 Å². The second-order valence-electron chi connectivity index (χ2n) is 5.68. The van der Waals surface area contributed by atoms with Gasteiger partial charge < -0.3 is 19.1 Å². The zero-order chi connectivity index (χ0) is 14.5. The molecule has 21 heavy (non-hydrogen) atoms. The molecule has 0 aromatic carbocycles. The molecule has 3 rings (SSSR count). The van der Waals surface area contributed by atoms with Crippen LogP contribution in [0.3, 0.4) is 0 Å². The molecule has 3 heterocycles. The zero-order valence-corrected chi connectivity index (χ0v) is 12.5. The largest absolute Gasteiger partial charge is 0.473 e. The Labute approximate surface area is 125 Å². The lowest BCUT2D eigenvalue weighted by Gasteiger charge is -2.34. The summed E-state index contributed by atoms with van der Waals surface area (Å²) in [6.45, 7) is 7.11. The molecular formula is C15H23N3O3. The van der Waals surface area contributed by atoms with Gasteiger partial charge in [-0.25, -0.2) is 4.98 Å².